The summed E-state index contributed by atoms with van der Waals surface area (Å²) in [5.41, 5.74) is 6.38. The molecule has 5 heteroatoms. The van der Waals surface area contributed by atoms with Crippen LogP contribution >= 0.6 is 0 Å². The van der Waals surface area contributed by atoms with Crippen LogP contribution in [0.5, 0.6) is 0 Å². The molecule has 2 amide bonds. The highest BCUT2D eigenvalue weighted by Crippen LogP contribution is 2.10. The molecule has 0 aromatic heterocycles. The molecule has 5 nitrogen and oxygen atoms in total. The van der Waals surface area contributed by atoms with Crippen LogP contribution in [0.3, 0.4) is 0 Å². The van der Waals surface area contributed by atoms with Crippen LogP contribution in [0.2, 0.25) is 0 Å². The molecule has 1 rings (SSSR count). The minimum absolute atomic E-state index is 0.00216. The number of nitrogens with one attached hydrogen (secondary N) is 1. The van der Waals surface area contributed by atoms with Gasteiger partial charge in [0.25, 0.3) is 0 Å². The van der Waals surface area contributed by atoms with Crippen molar-refractivity contribution in [3.8, 4) is 0 Å². The first-order valence-electron chi connectivity index (χ1n) is 6.84. The minimum atomic E-state index is -0.317. The number of benzene rings is 1. The molecule has 3 N–H and O–H groups in total. The molecule has 1 aromatic rings. The van der Waals surface area contributed by atoms with Gasteiger partial charge in [-0.15, -0.1) is 0 Å². The maximum absolute atomic E-state index is 12.0. The van der Waals surface area contributed by atoms with Crippen molar-refractivity contribution in [3.63, 3.8) is 0 Å². The van der Waals surface area contributed by atoms with Gasteiger partial charge in [-0.3, -0.25) is 9.59 Å². The topological polar surface area (TPSA) is 75.4 Å². The van der Waals surface area contributed by atoms with Crippen LogP contribution in [0.1, 0.15) is 18.9 Å². The largest absolute Gasteiger partial charge is 0.346 e. The Morgan fingerprint density at radius 2 is 1.95 bits per heavy atom. The second-order valence-electron chi connectivity index (χ2n) is 4.74. The first-order valence-corrected chi connectivity index (χ1v) is 6.84. The number of hydrogen-bond acceptors (Lipinski definition) is 3. The zero-order valence-corrected chi connectivity index (χ0v) is 12.1. The summed E-state index contributed by atoms with van der Waals surface area (Å²) in [5.74, 6) is -0.419. The first kappa shape index (κ1) is 16.2. The van der Waals surface area contributed by atoms with Gasteiger partial charge in [0, 0.05) is 13.1 Å². The average molecular weight is 277 g/mol. The Morgan fingerprint density at radius 3 is 2.50 bits per heavy atom. The molecule has 1 atom stereocenters. The number of likely N-dealkylation sites (N-methyl/N-ethyl adjacent to an activating group) is 1. The van der Waals surface area contributed by atoms with E-state index in [-0.39, 0.29) is 30.9 Å². The molecule has 110 valence electrons. The van der Waals surface area contributed by atoms with Crippen LogP contribution in [-0.2, 0) is 16.0 Å². The standard InChI is InChI=1S/C15H23N3O2/c1-3-13(9-12-7-5-4-6-8-12)18(2)15(20)11-17-14(19)10-16/h4-8,13H,3,9-11,16H2,1-2H3,(H,17,19). The Balaban J connectivity index is 2.55. The lowest BCUT2D eigenvalue weighted by Gasteiger charge is -2.27. The number of amides is 2. The van der Waals surface area contributed by atoms with Gasteiger partial charge < -0.3 is 16.0 Å². The highest BCUT2D eigenvalue weighted by atomic mass is 16.2. The van der Waals surface area contributed by atoms with Crippen LogP contribution < -0.4 is 11.1 Å². The fraction of sp³-hybridized carbons (Fsp3) is 0.467. The van der Waals surface area contributed by atoms with Crippen LogP contribution in [0.15, 0.2) is 30.3 Å². The summed E-state index contributed by atoms with van der Waals surface area (Å²) in [7, 11) is 1.77. The summed E-state index contributed by atoms with van der Waals surface area (Å²) in [5, 5.41) is 2.50. The zero-order chi connectivity index (χ0) is 15.0. The van der Waals surface area contributed by atoms with Crippen molar-refractivity contribution in [3.05, 3.63) is 35.9 Å². The number of rotatable bonds is 7. The van der Waals surface area contributed by atoms with Crippen molar-refractivity contribution in [2.24, 2.45) is 5.73 Å². The molecule has 0 aliphatic heterocycles. The maximum Gasteiger partial charge on any atom is 0.241 e. The number of nitrogens with two attached hydrogens (primary N) is 1. The number of carbonyl (C=O) groups is 2. The van der Waals surface area contributed by atoms with Gasteiger partial charge in [0.2, 0.25) is 11.8 Å². The molecular formula is C15H23N3O2. The molecule has 0 aliphatic carbocycles. The third-order valence-corrected chi connectivity index (χ3v) is 3.35. The van der Waals surface area contributed by atoms with Gasteiger partial charge in [0.1, 0.15) is 0 Å². The summed E-state index contributed by atoms with van der Waals surface area (Å²) in [6.07, 6.45) is 1.67. The molecule has 1 unspecified atom stereocenters. The molecule has 0 spiro atoms. The monoisotopic (exact) mass is 277 g/mol. The SMILES string of the molecule is CCC(Cc1ccccc1)N(C)C(=O)CNC(=O)CN. The molecule has 0 heterocycles. The van der Waals surface area contributed by atoms with Gasteiger partial charge in [0.15, 0.2) is 0 Å². The molecule has 20 heavy (non-hydrogen) atoms. The van der Waals surface area contributed by atoms with Crippen molar-refractivity contribution in [2.75, 3.05) is 20.1 Å². The van der Waals surface area contributed by atoms with E-state index >= 15 is 0 Å². The van der Waals surface area contributed by atoms with Crippen LogP contribution in [0.25, 0.3) is 0 Å². The normalized spacial score (nSPS) is 11.8. The fourth-order valence-electron chi connectivity index (χ4n) is 2.02. The molecule has 1 aromatic carbocycles. The van der Waals surface area contributed by atoms with Crippen LogP contribution in [0.4, 0.5) is 0 Å². The predicted octanol–water partition coefficient (Wildman–Crippen LogP) is 0.541. The summed E-state index contributed by atoms with van der Waals surface area (Å²) in [4.78, 5) is 24.8. The number of nitrogens with zero attached hydrogens (tertiary/aromatic N) is 1. The van der Waals surface area contributed by atoms with Gasteiger partial charge in [-0.1, -0.05) is 37.3 Å². The minimum Gasteiger partial charge on any atom is -0.346 e. The van der Waals surface area contributed by atoms with E-state index in [0.717, 1.165) is 12.8 Å². The molecule has 0 fully saturated rings. The van der Waals surface area contributed by atoms with Gasteiger partial charge >= 0.3 is 0 Å². The van der Waals surface area contributed by atoms with E-state index in [1.165, 1.54) is 5.56 Å². The molecule has 0 aliphatic rings. The molecule has 0 saturated carbocycles. The summed E-state index contributed by atoms with van der Waals surface area (Å²) < 4.78 is 0. The number of carbonyl (C=O) groups excluding carboxylic acids is 2. The highest BCUT2D eigenvalue weighted by Gasteiger charge is 2.18. The van der Waals surface area contributed by atoms with E-state index in [1.807, 2.05) is 18.2 Å². The van der Waals surface area contributed by atoms with Gasteiger partial charge in [-0.25, -0.2) is 0 Å². The van der Waals surface area contributed by atoms with E-state index in [1.54, 1.807) is 11.9 Å². The third-order valence-electron chi connectivity index (χ3n) is 3.35. The first-order chi connectivity index (χ1) is 9.58. The summed E-state index contributed by atoms with van der Waals surface area (Å²) in [6.45, 7) is 1.95. The van der Waals surface area contributed by atoms with Crippen LogP contribution in [-0.4, -0.2) is 42.9 Å². The second kappa shape index (κ2) is 8.32. The van der Waals surface area contributed by atoms with Crippen molar-refractivity contribution < 1.29 is 9.59 Å². The second-order valence-corrected chi connectivity index (χ2v) is 4.74. The Labute approximate surface area is 120 Å². The Bertz CT molecular complexity index is 434. The Kier molecular flexibility index (Phi) is 6.73. The van der Waals surface area contributed by atoms with Crippen molar-refractivity contribution in [1.29, 1.82) is 0 Å². The zero-order valence-electron chi connectivity index (χ0n) is 12.1. The molecule has 0 saturated heterocycles. The molecule has 0 bridgehead atoms. The van der Waals surface area contributed by atoms with Crippen molar-refractivity contribution >= 4 is 11.8 Å². The highest BCUT2D eigenvalue weighted by molar-refractivity contribution is 5.85. The van der Waals surface area contributed by atoms with E-state index in [2.05, 4.69) is 24.4 Å². The molecule has 0 radical (unpaired) electrons. The van der Waals surface area contributed by atoms with Gasteiger partial charge in [-0.05, 0) is 18.4 Å². The van der Waals surface area contributed by atoms with E-state index in [0.29, 0.717) is 0 Å². The van der Waals surface area contributed by atoms with Crippen molar-refractivity contribution in [2.45, 2.75) is 25.8 Å². The summed E-state index contributed by atoms with van der Waals surface area (Å²) in [6, 6.07) is 10.2. The molecular weight excluding hydrogens is 254 g/mol. The van der Waals surface area contributed by atoms with E-state index in [9.17, 15) is 9.59 Å². The van der Waals surface area contributed by atoms with E-state index in [4.69, 9.17) is 5.73 Å². The number of hydrogen-bond donors (Lipinski definition) is 2. The average Bonchev–Trinajstić information content (AvgIpc) is 2.50. The Morgan fingerprint density at radius 1 is 1.30 bits per heavy atom. The lowest BCUT2D eigenvalue weighted by Crippen LogP contribution is -2.45. The lowest BCUT2D eigenvalue weighted by atomic mass is 10.0. The summed E-state index contributed by atoms with van der Waals surface area (Å²) >= 11 is 0. The fourth-order valence-corrected chi connectivity index (χ4v) is 2.02. The smallest absolute Gasteiger partial charge is 0.241 e. The predicted molar refractivity (Wildman–Crippen MR) is 79.1 cm³/mol. The van der Waals surface area contributed by atoms with Crippen molar-refractivity contribution in [1.82, 2.24) is 10.2 Å². The van der Waals surface area contributed by atoms with Crippen LogP contribution in [0, 0.1) is 0 Å². The Hall–Kier alpha value is -1.88. The van der Waals surface area contributed by atoms with E-state index < -0.39 is 0 Å². The quantitative estimate of drug-likeness (QED) is 0.764. The lowest BCUT2D eigenvalue weighted by molar-refractivity contribution is -0.133. The maximum atomic E-state index is 12.0. The van der Waals surface area contributed by atoms with Gasteiger partial charge in [0.05, 0.1) is 13.1 Å². The third kappa shape index (κ3) is 5.01. The van der Waals surface area contributed by atoms with Gasteiger partial charge in [-0.2, -0.15) is 0 Å².